The molecule has 0 atom stereocenters. The average molecular weight is 163 g/mol. The zero-order valence-corrected chi connectivity index (χ0v) is 7.50. The number of hydrogen-bond donors (Lipinski definition) is 0. The Kier molecular flexibility index (Phi) is 1.75. The highest BCUT2D eigenvalue weighted by Crippen LogP contribution is 2.27. The lowest BCUT2D eigenvalue weighted by atomic mass is 10.2. The van der Waals surface area contributed by atoms with Crippen LogP contribution in [-0.4, -0.2) is 11.1 Å². The van der Waals surface area contributed by atoms with E-state index in [1.165, 1.54) is 18.4 Å². The number of aryl methyl sites for hydroxylation is 2. The zero-order valence-electron chi connectivity index (χ0n) is 7.50. The molecule has 1 aromatic heterocycles. The monoisotopic (exact) mass is 163 g/mol. The third-order valence-electron chi connectivity index (χ3n) is 1.97. The van der Waals surface area contributed by atoms with E-state index >= 15 is 0 Å². The summed E-state index contributed by atoms with van der Waals surface area (Å²) in [5.74, 6) is 0.808. The smallest absolute Gasteiger partial charge is 0.216 e. The van der Waals surface area contributed by atoms with Gasteiger partial charge in [0.2, 0.25) is 5.88 Å². The molecule has 2 nitrogen and oxygen atoms in total. The fourth-order valence-corrected chi connectivity index (χ4v) is 1.17. The second-order valence-electron chi connectivity index (χ2n) is 3.45. The molecular formula is C10H13NO. The van der Waals surface area contributed by atoms with Crippen molar-refractivity contribution in [3.05, 3.63) is 23.4 Å². The molecule has 0 aromatic carbocycles. The first kappa shape index (κ1) is 7.59. The maximum Gasteiger partial charge on any atom is 0.216 e. The van der Waals surface area contributed by atoms with Crippen molar-refractivity contribution in [3.8, 4) is 5.88 Å². The summed E-state index contributed by atoms with van der Waals surface area (Å²) in [5, 5.41) is 0. The first-order valence-electron chi connectivity index (χ1n) is 4.35. The second-order valence-corrected chi connectivity index (χ2v) is 3.45. The lowest BCUT2D eigenvalue weighted by molar-refractivity contribution is 0.288. The van der Waals surface area contributed by atoms with Crippen LogP contribution in [0.4, 0.5) is 0 Å². The molecule has 12 heavy (non-hydrogen) atoms. The molecule has 0 N–H and O–H groups in total. The van der Waals surface area contributed by atoms with Gasteiger partial charge in [0, 0.05) is 11.8 Å². The molecule has 2 rings (SSSR count). The van der Waals surface area contributed by atoms with Crippen LogP contribution in [0.3, 0.4) is 0 Å². The lowest BCUT2D eigenvalue weighted by Gasteiger charge is -2.06. The van der Waals surface area contributed by atoms with Crippen LogP contribution in [0, 0.1) is 13.8 Å². The largest absolute Gasteiger partial charge is 0.474 e. The molecule has 1 aliphatic carbocycles. The molecule has 1 saturated carbocycles. The van der Waals surface area contributed by atoms with Gasteiger partial charge in [-0.15, -0.1) is 0 Å². The summed E-state index contributed by atoms with van der Waals surface area (Å²) in [6, 6.07) is 2.10. The molecule has 1 aliphatic rings. The van der Waals surface area contributed by atoms with Crippen LogP contribution < -0.4 is 4.74 Å². The first-order valence-corrected chi connectivity index (χ1v) is 4.35. The van der Waals surface area contributed by atoms with Crippen LogP contribution >= 0.6 is 0 Å². The summed E-state index contributed by atoms with van der Waals surface area (Å²) in [6.07, 6.45) is 4.67. The second kappa shape index (κ2) is 2.77. The van der Waals surface area contributed by atoms with Gasteiger partial charge in [0.15, 0.2) is 0 Å². The van der Waals surface area contributed by atoms with Crippen LogP contribution in [-0.2, 0) is 0 Å². The van der Waals surface area contributed by atoms with E-state index in [1.807, 2.05) is 20.0 Å². The van der Waals surface area contributed by atoms with Crippen LogP contribution in [0.15, 0.2) is 12.3 Å². The summed E-state index contributed by atoms with van der Waals surface area (Å²) in [6.45, 7) is 4.08. The number of ether oxygens (including phenoxy) is 1. The zero-order chi connectivity index (χ0) is 8.55. The van der Waals surface area contributed by atoms with Crippen molar-refractivity contribution in [3.63, 3.8) is 0 Å². The first-order chi connectivity index (χ1) is 5.75. The predicted octanol–water partition coefficient (Wildman–Crippen LogP) is 2.24. The summed E-state index contributed by atoms with van der Waals surface area (Å²) in [7, 11) is 0. The Morgan fingerprint density at radius 3 is 2.75 bits per heavy atom. The van der Waals surface area contributed by atoms with Gasteiger partial charge < -0.3 is 4.74 Å². The van der Waals surface area contributed by atoms with Crippen molar-refractivity contribution >= 4 is 0 Å². The number of pyridine rings is 1. The van der Waals surface area contributed by atoms with Crippen molar-refractivity contribution in [2.45, 2.75) is 32.8 Å². The molecule has 2 heteroatoms. The number of nitrogens with zero attached hydrogens (tertiary/aromatic N) is 1. The van der Waals surface area contributed by atoms with Crippen LogP contribution in [0.5, 0.6) is 5.88 Å². The molecule has 0 radical (unpaired) electrons. The fraction of sp³-hybridized carbons (Fsp3) is 0.500. The van der Waals surface area contributed by atoms with E-state index in [0.29, 0.717) is 6.10 Å². The SMILES string of the molecule is Cc1cnc(OC2CC2)c(C)c1. The molecule has 64 valence electrons. The number of rotatable bonds is 2. The maximum atomic E-state index is 5.60. The van der Waals surface area contributed by atoms with Crippen LogP contribution in [0.1, 0.15) is 24.0 Å². The predicted molar refractivity (Wildman–Crippen MR) is 47.4 cm³/mol. The molecule has 0 saturated heterocycles. The molecule has 0 spiro atoms. The third-order valence-corrected chi connectivity index (χ3v) is 1.97. The van der Waals surface area contributed by atoms with E-state index in [2.05, 4.69) is 11.1 Å². The maximum absolute atomic E-state index is 5.60. The Balaban J connectivity index is 2.18. The van der Waals surface area contributed by atoms with Gasteiger partial charge in [0.25, 0.3) is 0 Å². The quantitative estimate of drug-likeness (QED) is 0.667. The molecule has 1 fully saturated rings. The molecule has 0 aliphatic heterocycles. The molecule has 0 unspecified atom stereocenters. The van der Waals surface area contributed by atoms with E-state index in [4.69, 9.17) is 4.74 Å². The van der Waals surface area contributed by atoms with Crippen LogP contribution in [0.2, 0.25) is 0 Å². The van der Waals surface area contributed by atoms with Gasteiger partial charge in [0.1, 0.15) is 6.10 Å². The van der Waals surface area contributed by atoms with Crippen molar-refractivity contribution < 1.29 is 4.74 Å². The van der Waals surface area contributed by atoms with E-state index < -0.39 is 0 Å². The molecule has 0 amide bonds. The van der Waals surface area contributed by atoms with Crippen molar-refractivity contribution in [2.75, 3.05) is 0 Å². The van der Waals surface area contributed by atoms with E-state index in [9.17, 15) is 0 Å². The highest BCUT2D eigenvalue weighted by molar-refractivity contribution is 5.28. The lowest BCUT2D eigenvalue weighted by Crippen LogP contribution is -2.00. The highest BCUT2D eigenvalue weighted by Gasteiger charge is 2.24. The molecule has 0 bridgehead atoms. The van der Waals surface area contributed by atoms with Crippen LogP contribution in [0.25, 0.3) is 0 Å². The van der Waals surface area contributed by atoms with E-state index in [-0.39, 0.29) is 0 Å². The fourth-order valence-electron chi connectivity index (χ4n) is 1.17. The van der Waals surface area contributed by atoms with Gasteiger partial charge in [-0.2, -0.15) is 0 Å². The Morgan fingerprint density at radius 2 is 2.17 bits per heavy atom. The normalized spacial score (nSPS) is 16.2. The highest BCUT2D eigenvalue weighted by atomic mass is 16.5. The van der Waals surface area contributed by atoms with Gasteiger partial charge in [-0.1, -0.05) is 0 Å². The van der Waals surface area contributed by atoms with Crippen molar-refractivity contribution in [1.29, 1.82) is 0 Å². The third kappa shape index (κ3) is 1.58. The number of aromatic nitrogens is 1. The van der Waals surface area contributed by atoms with Crippen molar-refractivity contribution in [2.24, 2.45) is 0 Å². The summed E-state index contributed by atoms with van der Waals surface area (Å²) >= 11 is 0. The van der Waals surface area contributed by atoms with Gasteiger partial charge in [-0.25, -0.2) is 4.98 Å². The van der Waals surface area contributed by atoms with E-state index in [1.54, 1.807) is 0 Å². The Morgan fingerprint density at radius 1 is 1.42 bits per heavy atom. The van der Waals surface area contributed by atoms with Gasteiger partial charge in [0.05, 0.1) is 0 Å². The Labute approximate surface area is 72.6 Å². The minimum atomic E-state index is 0.443. The minimum absolute atomic E-state index is 0.443. The molecule has 1 heterocycles. The molecule has 1 aromatic rings. The Bertz CT molecular complexity index is 292. The Hall–Kier alpha value is -1.05. The van der Waals surface area contributed by atoms with Gasteiger partial charge >= 0.3 is 0 Å². The summed E-state index contributed by atoms with van der Waals surface area (Å²) in [4.78, 5) is 4.24. The standard InChI is InChI=1S/C10H13NO/c1-7-5-8(2)10(11-6-7)12-9-3-4-9/h5-6,9H,3-4H2,1-2H3. The topological polar surface area (TPSA) is 22.1 Å². The minimum Gasteiger partial charge on any atom is -0.474 e. The van der Waals surface area contributed by atoms with Gasteiger partial charge in [-0.05, 0) is 38.3 Å². The summed E-state index contributed by atoms with van der Waals surface area (Å²) in [5.41, 5.74) is 2.33. The van der Waals surface area contributed by atoms with Gasteiger partial charge in [-0.3, -0.25) is 0 Å². The van der Waals surface area contributed by atoms with Crippen molar-refractivity contribution in [1.82, 2.24) is 4.98 Å². The summed E-state index contributed by atoms with van der Waals surface area (Å²) < 4.78 is 5.60. The average Bonchev–Trinajstić information content (AvgIpc) is 2.79. The molecular weight excluding hydrogens is 150 g/mol. The number of hydrogen-bond acceptors (Lipinski definition) is 2. The van der Waals surface area contributed by atoms with E-state index in [0.717, 1.165) is 11.4 Å².